The second-order valence-corrected chi connectivity index (χ2v) is 5.86. The van der Waals surface area contributed by atoms with Gasteiger partial charge in [-0.15, -0.1) is 0 Å². The van der Waals surface area contributed by atoms with Gasteiger partial charge in [0, 0.05) is 12.7 Å². The third-order valence-electron chi connectivity index (χ3n) is 3.02. The fourth-order valence-corrected chi connectivity index (χ4v) is 2.97. The number of halogens is 2. The molecule has 0 aliphatic carbocycles. The molecule has 0 unspecified atom stereocenters. The number of aryl methyl sites for hydroxylation is 2. The van der Waals surface area contributed by atoms with Crippen molar-refractivity contribution < 1.29 is 0 Å². The second kappa shape index (κ2) is 6.09. The Morgan fingerprint density at radius 1 is 1.30 bits per heavy atom. The van der Waals surface area contributed by atoms with Crippen molar-refractivity contribution >= 4 is 31.9 Å². The average molecular weight is 406 g/mol. The molecular weight excluding hydrogens is 392 g/mol. The van der Waals surface area contributed by atoms with Gasteiger partial charge >= 0.3 is 5.69 Å². The van der Waals surface area contributed by atoms with Crippen LogP contribution in [-0.4, -0.2) is 19.3 Å². The first kappa shape index (κ1) is 15.2. The van der Waals surface area contributed by atoms with Crippen molar-refractivity contribution in [2.24, 2.45) is 0 Å². The summed E-state index contributed by atoms with van der Waals surface area (Å²) < 4.78 is 4.13. The Morgan fingerprint density at radius 3 is 2.60 bits per heavy atom. The highest BCUT2D eigenvalue weighted by Gasteiger charge is 2.16. The summed E-state index contributed by atoms with van der Waals surface area (Å²) in [5.74, 6) is 0. The molecule has 0 aliphatic heterocycles. The predicted molar refractivity (Wildman–Crippen MR) is 83.1 cm³/mol. The summed E-state index contributed by atoms with van der Waals surface area (Å²) in [5.41, 5.74) is 0.936. The fourth-order valence-electron chi connectivity index (χ4n) is 1.95. The van der Waals surface area contributed by atoms with Crippen LogP contribution in [0.5, 0.6) is 0 Å². The van der Waals surface area contributed by atoms with Gasteiger partial charge in [0.25, 0.3) is 5.56 Å². The minimum Gasteiger partial charge on any atom is -0.313 e. The number of aromatic nitrogens is 4. The third-order valence-corrected chi connectivity index (χ3v) is 4.50. The lowest BCUT2D eigenvalue weighted by atomic mass is 10.3. The molecule has 0 spiro atoms. The first-order chi connectivity index (χ1) is 9.49. The molecule has 0 radical (unpaired) electrons. The molecular formula is C12H14Br2N4O2. The number of nitrogens with zero attached hydrogens (tertiary/aromatic N) is 3. The lowest BCUT2D eigenvalue weighted by Gasteiger charge is -2.07. The summed E-state index contributed by atoms with van der Waals surface area (Å²) >= 11 is 6.63. The van der Waals surface area contributed by atoms with Crippen molar-refractivity contribution in [1.29, 1.82) is 0 Å². The summed E-state index contributed by atoms with van der Waals surface area (Å²) in [6.45, 7) is 4.83. The van der Waals surface area contributed by atoms with Crippen LogP contribution in [0.25, 0.3) is 0 Å². The van der Waals surface area contributed by atoms with Gasteiger partial charge in [-0.1, -0.05) is 6.92 Å². The van der Waals surface area contributed by atoms with Crippen LogP contribution in [0, 0.1) is 0 Å². The monoisotopic (exact) mass is 404 g/mol. The SMILES string of the molecule is CCc1nn(CC)c(Cn2c(=O)[nH]cc(Br)c2=O)c1Br. The molecule has 108 valence electrons. The molecule has 1 N–H and O–H groups in total. The van der Waals surface area contributed by atoms with Crippen LogP contribution in [0.4, 0.5) is 0 Å². The van der Waals surface area contributed by atoms with Crippen LogP contribution in [0.15, 0.2) is 24.7 Å². The van der Waals surface area contributed by atoms with E-state index in [4.69, 9.17) is 0 Å². The standard InChI is InChI=1S/C12H14Br2N4O2/c1-3-8-10(14)9(18(4-2)16-8)6-17-11(19)7(13)5-15-12(17)20/h5H,3-4,6H2,1-2H3,(H,15,20). The van der Waals surface area contributed by atoms with Gasteiger partial charge in [-0.25, -0.2) is 4.79 Å². The van der Waals surface area contributed by atoms with Gasteiger partial charge in [-0.05, 0) is 45.2 Å². The van der Waals surface area contributed by atoms with Crippen LogP contribution in [0.1, 0.15) is 25.2 Å². The largest absolute Gasteiger partial charge is 0.328 e. The summed E-state index contributed by atoms with van der Waals surface area (Å²) in [6.07, 6.45) is 2.13. The summed E-state index contributed by atoms with van der Waals surface area (Å²) in [5, 5.41) is 4.46. The molecule has 0 aliphatic rings. The summed E-state index contributed by atoms with van der Waals surface area (Å²) in [4.78, 5) is 26.4. The Balaban J connectivity index is 2.56. The van der Waals surface area contributed by atoms with Crippen molar-refractivity contribution in [1.82, 2.24) is 19.3 Å². The van der Waals surface area contributed by atoms with E-state index in [1.807, 2.05) is 13.8 Å². The van der Waals surface area contributed by atoms with Gasteiger partial charge < -0.3 is 4.98 Å². The molecule has 2 aromatic rings. The van der Waals surface area contributed by atoms with Gasteiger partial charge in [0.1, 0.15) is 0 Å². The zero-order valence-electron chi connectivity index (χ0n) is 11.1. The lowest BCUT2D eigenvalue weighted by molar-refractivity contribution is 0.576. The maximum atomic E-state index is 12.0. The van der Waals surface area contributed by atoms with Crippen LogP contribution in [0.3, 0.4) is 0 Å². The van der Waals surface area contributed by atoms with E-state index >= 15 is 0 Å². The zero-order valence-corrected chi connectivity index (χ0v) is 14.3. The molecule has 2 heterocycles. The lowest BCUT2D eigenvalue weighted by Crippen LogP contribution is -2.36. The number of hydrogen-bond acceptors (Lipinski definition) is 3. The Kier molecular flexibility index (Phi) is 4.64. The number of H-pyrrole nitrogens is 1. The Bertz CT molecular complexity index is 745. The summed E-state index contributed by atoms with van der Waals surface area (Å²) in [7, 11) is 0. The van der Waals surface area contributed by atoms with E-state index in [-0.39, 0.29) is 12.1 Å². The maximum Gasteiger partial charge on any atom is 0.328 e. The highest BCUT2D eigenvalue weighted by Crippen LogP contribution is 2.22. The van der Waals surface area contributed by atoms with Crippen LogP contribution in [-0.2, 0) is 19.5 Å². The molecule has 0 fully saturated rings. The molecule has 2 aromatic heterocycles. The van der Waals surface area contributed by atoms with E-state index in [9.17, 15) is 9.59 Å². The summed E-state index contributed by atoms with van der Waals surface area (Å²) in [6, 6.07) is 0. The van der Waals surface area contributed by atoms with Gasteiger partial charge in [0.05, 0.1) is 26.9 Å². The smallest absolute Gasteiger partial charge is 0.313 e. The van der Waals surface area contributed by atoms with Gasteiger partial charge in [0.15, 0.2) is 0 Å². The first-order valence-electron chi connectivity index (χ1n) is 6.21. The van der Waals surface area contributed by atoms with E-state index in [0.29, 0.717) is 11.0 Å². The fraction of sp³-hybridized carbons (Fsp3) is 0.417. The second-order valence-electron chi connectivity index (χ2n) is 4.21. The van der Waals surface area contributed by atoms with E-state index < -0.39 is 5.69 Å². The van der Waals surface area contributed by atoms with Crippen LogP contribution < -0.4 is 11.2 Å². The average Bonchev–Trinajstić information content (AvgIpc) is 2.75. The number of hydrogen-bond donors (Lipinski definition) is 1. The zero-order chi connectivity index (χ0) is 14.9. The molecule has 0 amide bonds. The van der Waals surface area contributed by atoms with Crippen molar-refractivity contribution in [2.75, 3.05) is 0 Å². The van der Waals surface area contributed by atoms with E-state index in [1.54, 1.807) is 4.68 Å². The minimum absolute atomic E-state index is 0.176. The maximum absolute atomic E-state index is 12.0. The van der Waals surface area contributed by atoms with Gasteiger partial charge in [-0.3, -0.25) is 14.0 Å². The van der Waals surface area contributed by atoms with Crippen molar-refractivity contribution in [2.45, 2.75) is 33.4 Å². The predicted octanol–water partition coefficient (Wildman–Crippen LogP) is 1.89. The molecule has 6 nitrogen and oxygen atoms in total. The number of aromatic amines is 1. The number of nitrogens with one attached hydrogen (secondary N) is 1. The molecule has 0 saturated heterocycles. The highest BCUT2D eigenvalue weighted by molar-refractivity contribution is 9.10. The van der Waals surface area contributed by atoms with Crippen molar-refractivity contribution in [3.63, 3.8) is 0 Å². The molecule has 8 heteroatoms. The first-order valence-corrected chi connectivity index (χ1v) is 7.80. The normalized spacial score (nSPS) is 11.0. The molecule has 2 rings (SSSR count). The Morgan fingerprint density at radius 2 is 2.00 bits per heavy atom. The molecule has 0 aromatic carbocycles. The quantitative estimate of drug-likeness (QED) is 0.843. The topological polar surface area (TPSA) is 72.7 Å². The Labute approximate surface area is 132 Å². The molecule has 0 saturated carbocycles. The van der Waals surface area contributed by atoms with Crippen molar-refractivity contribution in [3.8, 4) is 0 Å². The molecule has 20 heavy (non-hydrogen) atoms. The van der Waals surface area contributed by atoms with E-state index in [1.165, 1.54) is 6.20 Å². The third kappa shape index (κ3) is 2.67. The van der Waals surface area contributed by atoms with Crippen LogP contribution >= 0.6 is 31.9 Å². The molecule has 0 bridgehead atoms. The number of rotatable bonds is 4. The van der Waals surface area contributed by atoms with E-state index in [0.717, 1.165) is 26.8 Å². The van der Waals surface area contributed by atoms with Crippen molar-refractivity contribution in [3.05, 3.63) is 47.4 Å². The molecule has 0 atom stereocenters. The highest BCUT2D eigenvalue weighted by atomic mass is 79.9. The van der Waals surface area contributed by atoms with Crippen LogP contribution in [0.2, 0.25) is 0 Å². The van der Waals surface area contributed by atoms with Gasteiger partial charge in [0.2, 0.25) is 0 Å². The van der Waals surface area contributed by atoms with E-state index in [2.05, 4.69) is 41.9 Å². The van der Waals surface area contributed by atoms with Gasteiger partial charge in [-0.2, -0.15) is 5.10 Å². The Hall–Kier alpha value is -1.15. The minimum atomic E-state index is -0.438.